The zero-order valence-electron chi connectivity index (χ0n) is 27.7. The summed E-state index contributed by atoms with van der Waals surface area (Å²) in [6, 6.07) is 23.2. The second-order valence-electron chi connectivity index (χ2n) is 11.8. The molecule has 0 atom stereocenters. The number of unbranched alkanes of at least 4 members (excludes halogenated alkanes) is 1. The number of rotatable bonds is 12. The summed E-state index contributed by atoms with van der Waals surface area (Å²) in [4.78, 5) is 26.6. The van der Waals surface area contributed by atoms with E-state index in [1.165, 1.54) is 5.56 Å². The van der Waals surface area contributed by atoms with E-state index in [1.54, 1.807) is 18.6 Å². The number of anilines is 4. The lowest BCUT2D eigenvalue weighted by Gasteiger charge is -2.15. The van der Waals surface area contributed by atoms with Crippen LogP contribution in [0.4, 0.5) is 27.9 Å². The molecule has 0 saturated heterocycles. The molecular formula is C38H40N8O2. The predicted molar refractivity (Wildman–Crippen MR) is 192 cm³/mol. The van der Waals surface area contributed by atoms with Crippen molar-refractivity contribution in [1.29, 1.82) is 0 Å². The number of aryl methyl sites for hydroxylation is 4. The number of nitrogens with zero attached hydrogens (tertiary/aromatic N) is 5. The van der Waals surface area contributed by atoms with Crippen LogP contribution in [0.5, 0.6) is 5.75 Å². The molecule has 6 aromatic rings. The fraction of sp³-hybridized carbons (Fsp3) is 0.237. The normalized spacial score (nSPS) is 11.0. The molecule has 0 fully saturated rings. The van der Waals surface area contributed by atoms with E-state index in [9.17, 15) is 4.79 Å². The third-order valence-corrected chi connectivity index (χ3v) is 8.20. The molecule has 0 bridgehead atoms. The van der Waals surface area contributed by atoms with Crippen LogP contribution in [0.1, 0.15) is 54.8 Å². The number of fused-ring (bicyclic) bond motifs is 1. The van der Waals surface area contributed by atoms with Crippen LogP contribution in [-0.2, 0) is 19.4 Å². The number of benzene rings is 3. The highest BCUT2D eigenvalue weighted by Crippen LogP contribution is 2.32. The van der Waals surface area contributed by atoms with Crippen LogP contribution in [-0.4, -0.2) is 30.8 Å². The second kappa shape index (κ2) is 14.8. The van der Waals surface area contributed by atoms with Gasteiger partial charge in [0.05, 0.1) is 35.2 Å². The number of carbonyl (C=O) groups is 1. The Morgan fingerprint density at radius 3 is 2.44 bits per heavy atom. The maximum Gasteiger partial charge on any atom is 0.324 e. The van der Waals surface area contributed by atoms with Crippen LogP contribution in [0.15, 0.2) is 91.4 Å². The number of ether oxygens (including phenoxy) is 1. The van der Waals surface area contributed by atoms with E-state index >= 15 is 0 Å². The van der Waals surface area contributed by atoms with Crippen LogP contribution in [0, 0.1) is 13.8 Å². The Hall–Kier alpha value is -5.77. The second-order valence-corrected chi connectivity index (χ2v) is 11.8. The van der Waals surface area contributed by atoms with Crippen molar-refractivity contribution < 1.29 is 9.53 Å². The van der Waals surface area contributed by atoms with E-state index in [-0.39, 0.29) is 6.03 Å². The molecule has 10 nitrogen and oxygen atoms in total. The molecule has 48 heavy (non-hydrogen) atoms. The Kier molecular flexibility index (Phi) is 9.90. The summed E-state index contributed by atoms with van der Waals surface area (Å²) in [5, 5.41) is 15.9. The minimum atomic E-state index is -0.355. The summed E-state index contributed by atoms with van der Waals surface area (Å²) in [6.45, 7) is 8.69. The number of pyridine rings is 1. The molecule has 0 aliphatic heterocycles. The van der Waals surface area contributed by atoms with E-state index in [2.05, 4.69) is 63.8 Å². The van der Waals surface area contributed by atoms with Crippen molar-refractivity contribution in [2.75, 3.05) is 16.0 Å². The first-order valence-corrected chi connectivity index (χ1v) is 16.3. The topological polar surface area (TPSA) is 119 Å². The van der Waals surface area contributed by atoms with E-state index < -0.39 is 0 Å². The third-order valence-electron chi connectivity index (χ3n) is 8.20. The van der Waals surface area contributed by atoms with Gasteiger partial charge in [-0.2, -0.15) is 5.10 Å². The fourth-order valence-electron chi connectivity index (χ4n) is 5.36. The molecule has 3 aromatic heterocycles. The lowest BCUT2D eigenvalue weighted by Crippen LogP contribution is -2.21. The molecule has 6 rings (SSSR count). The largest absolute Gasteiger partial charge is 0.488 e. The molecule has 0 radical (unpaired) electrons. The average Bonchev–Trinajstić information content (AvgIpc) is 3.50. The van der Waals surface area contributed by atoms with Crippen molar-refractivity contribution in [2.45, 2.75) is 60.0 Å². The van der Waals surface area contributed by atoms with Gasteiger partial charge in [-0.05, 0) is 86.2 Å². The van der Waals surface area contributed by atoms with Crippen LogP contribution in [0.2, 0.25) is 0 Å². The fourth-order valence-corrected chi connectivity index (χ4v) is 5.36. The van der Waals surface area contributed by atoms with Crippen molar-refractivity contribution >= 4 is 39.9 Å². The molecule has 10 heteroatoms. The van der Waals surface area contributed by atoms with Gasteiger partial charge in [-0.3, -0.25) is 10.3 Å². The summed E-state index contributed by atoms with van der Waals surface area (Å²) in [5.41, 5.74) is 6.75. The summed E-state index contributed by atoms with van der Waals surface area (Å²) in [7, 11) is 0. The first-order chi connectivity index (χ1) is 23.4. The Morgan fingerprint density at radius 2 is 1.67 bits per heavy atom. The number of aromatic nitrogens is 5. The van der Waals surface area contributed by atoms with Crippen LogP contribution in [0.25, 0.3) is 16.5 Å². The average molecular weight is 641 g/mol. The maximum absolute atomic E-state index is 13.4. The summed E-state index contributed by atoms with van der Waals surface area (Å²) in [6.07, 6.45) is 8.96. The molecule has 2 amide bonds. The molecule has 0 aliphatic carbocycles. The highest BCUT2D eigenvalue weighted by atomic mass is 16.5. The van der Waals surface area contributed by atoms with Gasteiger partial charge in [-0.25, -0.2) is 19.4 Å². The molecule has 3 heterocycles. The minimum absolute atomic E-state index is 0.331. The standard InChI is InChI=1S/C38H40N8O2/c1-5-7-10-29-21-37(46(45-29)30-14-13-25(3)26(4)19-30)44-38(47)42-33-15-16-34(32-12-9-8-11-31(32)33)48-24-27-17-18-39-35(20-27)43-36-23-40-28(6-2)22-41-36/h8-9,11-23H,5-7,10,24H2,1-4H3,(H,39,41,43)(H2,42,44,47). The molecule has 3 aromatic carbocycles. The van der Waals surface area contributed by atoms with E-state index in [4.69, 9.17) is 9.84 Å². The zero-order valence-corrected chi connectivity index (χ0v) is 27.7. The van der Waals surface area contributed by atoms with Gasteiger partial charge in [0.1, 0.15) is 29.8 Å². The van der Waals surface area contributed by atoms with E-state index in [0.717, 1.165) is 64.7 Å². The van der Waals surface area contributed by atoms with Gasteiger partial charge < -0.3 is 15.4 Å². The lowest BCUT2D eigenvalue weighted by atomic mass is 10.1. The Bertz CT molecular complexity index is 2040. The van der Waals surface area contributed by atoms with Crippen LogP contribution < -0.4 is 20.7 Å². The summed E-state index contributed by atoms with van der Waals surface area (Å²) in [5.74, 6) is 2.60. The number of hydrogen-bond acceptors (Lipinski definition) is 7. The van der Waals surface area contributed by atoms with Crippen molar-refractivity contribution in [3.8, 4) is 11.4 Å². The van der Waals surface area contributed by atoms with Crippen molar-refractivity contribution in [2.24, 2.45) is 0 Å². The monoisotopic (exact) mass is 640 g/mol. The molecule has 0 spiro atoms. The highest BCUT2D eigenvalue weighted by Gasteiger charge is 2.15. The quantitative estimate of drug-likeness (QED) is 0.122. The van der Waals surface area contributed by atoms with Gasteiger partial charge in [-0.1, -0.05) is 50.6 Å². The number of carbonyl (C=O) groups excluding carboxylic acids is 1. The molecule has 3 N–H and O–H groups in total. The Labute approximate surface area is 280 Å². The minimum Gasteiger partial charge on any atom is -0.488 e. The first-order valence-electron chi connectivity index (χ1n) is 16.3. The van der Waals surface area contributed by atoms with Crippen molar-refractivity contribution in [1.82, 2.24) is 24.7 Å². The molecule has 0 saturated carbocycles. The van der Waals surface area contributed by atoms with Gasteiger partial charge in [0.15, 0.2) is 0 Å². The third kappa shape index (κ3) is 7.60. The first kappa shape index (κ1) is 32.2. The molecule has 0 unspecified atom stereocenters. The van der Waals surface area contributed by atoms with E-state index in [1.807, 2.05) is 72.3 Å². The zero-order chi connectivity index (χ0) is 33.5. The number of hydrogen-bond donors (Lipinski definition) is 3. The van der Waals surface area contributed by atoms with Crippen LogP contribution in [0.3, 0.4) is 0 Å². The number of amides is 2. The van der Waals surface area contributed by atoms with Gasteiger partial charge >= 0.3 is 6.03 Å². The van der Waals surface area contributed by atoms with Gasteiger partial charge in [-0.15, -0.1) is 0 Å². The van der Waals surface area contributed by atoms with Gasteiger partial charge in [0.25, 0.3) is 0 Å². The maximum atomic E-state index is 13.4. The summed E-state index contributed by atoms with van der Waals surface area (Å²) < 4.78 is 8.10. The molecule has 244 valence electrons. The van der Waals surface area contributed by atoms with E-state index in [0.29, 0.717) is 35.5 Å². The number of nitrogens with one attached hydrogen (secondary N) is 3. The Balaban J connectivity index is 1.17. The number of urea groups is 1. The molecule has 0 aliphatic rings. The van der Waals surface area contributed by atoms with Gasteiger partial charge in [0.2, 0.25) is 0 Å². The van der Waals surface area contributed by atoms with Crippen LogP contribution >= 0.6 is 0 Å². The smallest absolute Gasteiger partial charge is 0.324 e. The SMILES string of the molecule is CCCCc1cc(NC(=O)Nc2ccc(OCc3ccnc(Nc4cnc(CC)cn4)c3)c3ccccc23)n(-c2ccc(C)c(C)c2)n1. The van der Waals surface area contributed by atoms with Crippen molar-refractivity contribution in [3.63, 3.8) is 0 Å². The lowest BCUT2D eigenvalue weighted by molar-refractivity contribution is 0.262. The van der Waals surface area contributed by atoms with Gasteiger partial charge in [0, 0.05) is 23.0 Å². The highest BCUT2D eigenvalue weighted by molar-refractivity contribution is 6.07. The molecular weight excluding hydrogens is 600 g/mol. The Morgan fingerprint density at radius 1 is 0.812 bits per heavy atom. The van der Waals surface area contributed by atoms with Crippen molar-refractivity contribution in [3.05, 3.63) is 119 Å². The predicted octanol–water partition coefficient (Wildman–Crippen LogP) is 8.70. The summed E-state index contributed by atoms with van der Waals surface area (Å²) >= 11 is 0.